The fraction of sp³-hybridized carbons (Fsp3) is 0.643. The molecule has 0 aromatic carbocycles. The molecule has 0 amide bonds. The number of nitrogens with zero attached hydrogens (tertiary/aromatic N) is 2. The first-order valence-electron chi connectivity index (χ1n) is 6.53. The van der Waals surface area contributed by atoms with Gasteiger partial charge < -0.3 is 10.5 Å². The predicted octanol–water partition coefficient (Wildman–Crippen LogP) is 1.54. The van der Waals surface area contributed by atoms with Crippen LogP contribution in [0.25, 0.3) is 0 Å². The third-order valence-corrected chi connectivity index (χ3v) is 3.10. The van der Waals surface area contributed by atoms with Crippen molar-refractivity contribution in [3.8, 4) is 0 Å². The highest BCUT2D eigenvalue weighted by atomic mass is 16.5. The van der Waals surface area contributed by atoms with E-state index in [1.54, 1.807) is 0 Å². The Hall–Kier alpha value is -0.970. The van der Waals surface area contributed by atoms with Gasteiger partial charge in [0.2, 0.25) is 0 Å². The Morgan fingerprint density at radius 3 is 2.83 bits per heavy atom. The van der Waals surface area contributed by atoms with E-state index in [0.29, 0.717) is 6.54 Å². The molecule has 1 aliphatic rings. The molecule has 0 bridgehead atoms. The molecular weight excluding hydrogens is 226 g/mol. The number of hydrogen-bond acceptors (Lipinski definition) is 4. The van der Waals surface area contributed by atoms with Gasteiger partial charge in [-0.2, -0.15) is 0 Å². The Labute approximate surface area is 109 Å². The molecule has 0 aliphatic carbocycles. The highest BCUT2D eigenvalue weighted by Gasteiger charge is 2.31. The molecule has 1 aliphatic heterocycles. The summed E-state index contributed by atoms with van der Waals surface area (Å²) in [7, 11) is 0. The molecule has 100 valence electrons. The summed E-state index contributed by atoms with van der Waals surface area (Å²) in [6.45, 7) is 9.66. The van der Waals surface area contributed by atoms with Gasteiger partial charge in [-0.1, -0.05) is 6.07 Å². The van der Waals surface area contributed by atoms with Crippen molar-refractivity contribution in [3.05, 3.63) is 29.6 Å². The van der Waals surface area contributed by atoms with Crippen molar-refractivity contribution in [2.75, 3.05) is 13.1 Å². The molecular formula is C14H23N3O. The zero-order valence-electron chi connectivity index (χ0n) is 11.5. The van der Waals surface area contributed by atoms with E-state index >= 15 is 0 Å². The standard InChI is InChI=1S/C14H23N3O/c1-11-8-17(10-14(2,3)18-11)9-13-6-4-5-12(7-15)16-13/h4-6,11H,7-10,15H2,1-3H3. The van der Waals surface area contributed by atoms with Crippen molar-refractivity contribution in [1.29, 1.82) is 0 Å². The second kappa shape index (κ2) is 5.34. The Bertz CT molecular complexity index is 406. The number of morpholine rings is 1. The maximum absolute atomic E-state index is 5.90. The molecule has 2 heterocycles. The van der Waals surface area contributed by atoms with E-state index in [1.807, 2.05) is 12.1 Å². The first-order valence-corrected chi connectivity index (χ1v) is 6.53. The van der Waals surface area contributed by atoms with Crippen molar-refractivity contribution >= 4 is 0 Å². The smallest absolute Gasteiger partial charge is 0.0757 e. The SMILES string of the molecule is CC1CN(Cc2cccc(CN)n2)CC(C)(C)O1. The Kier molecular flexibility index (Phi) is 4.00. The van der Waals surface area contributed by atoms with E-state index in [9.17, 15) is 0 Å². The van der Waals surface area contributed by atoms with Gasteiger partial charge in [0.15, 0.2) is 0 Å². The molecule has 0 radical (unpaired) electrons. The largest absolute Gasteiger partial charge is 0.370 e. The van der Waals surface area contributed by atoms with Crippen molar-refractivity contribution in [2.45, 2.75) is 45.6 Å². The molecule has 2 N–H and O–H groups in total. The van der Waals surface area contributed by atoms with Gasteiger partial charge >= 0.3 is 0 Å². The van der Waals surface area contributed by atoms with Gasteiger partial charge in [-0.05, 0) is 32.9 Å². The second-order valence-corrected chi connectivity index (χ2v) is 5.68. The highest BCUT2D eigenvalue weighted by molar-refractivity contribution is 5.11. The topological polar surface area (TPSA) is 51.4 Å². The molecule has 1 atom stereocenters. The second-order valence-electron chi connectivity index (χ2n) is 5.68. The number of nitrogens with two attached hydrogens (primary N) is 1. The minimum absolute atomic E-state index is 0.0802. The van der Waals surface area contributed by atoms with Crippen molar-refractivity contribution in [3.63, 3.8) is 0 Å². The monoisotopic (exact) mass is 249 g/mol. The van der Waals surface area contributed by atoms with Crippen LogP contribution in [-0.4, -0.2) is 34.7 Å². The quantitative estimate of drug-likeness (QED) is 0.883. The van der Waals surface area contributed by atoms with Crippen LogP contribution in [0.5, 0.6) is 0 Å². The summed E-state index contributed by atoms with van der Waals surface area (Å²) in [6.07, 6.45) is 0.270. The lowest BCUT2D eigenvalue weighted by molar-refractivity contribution is -0.130. The molecule has 4 heteroatoms. The molecule has 0 spiro atoms. The lowest BCUT2D eigenvalue weighted by Gasteiger charge is -2.41. The molecule has 1 unspecified atom stereocenters. The molecule has 0 saturated carbocycles. The molecule has 2 rings (SSSR count). The van der Waals surface area contributed by atoms with Gasteiger partial charge in [0.1, 0.15) is 0 Å². The maximum atomic E-state index is 5.90. The van der Waals surface area contributed by atoms with Crippen LogP contribution >= 0.6 is 0 Å². The molecule has 1 aromatic rings. The fourth-order valence-corrected chi connectivity index (χ4v) is 2.67. The minimum atomic E-state index is -0.0802. The summed E-state index contributed by atoms with van der Waals surface area (Å²) in [5.41, 5.74) is 7.58. The van der Waals surface area contributed by atoms with Crippen molar-refractivity contribution < 1.29 is 4.74 Å². The maximum Gasteiger partial charge on any atom is 0.0757 e. The summed E-state index contributed by atoms with van der Waals surface area (Å²) >= 11 is 0. The highest BCUT2D eigenvalue weighted by Crippen LogP contribution is 2.21. The molecule has 1 fully saturated rings. The van der Waals surface area contributed by atoms with Crippen molar-refractivity contribution in [2.24, 2.45) is 5.73 Å². The van der Waals surface area contributed by atoms with Gasteiger partial charge in [0, 0.05) is 26.2 Å². The van der Waals surface area contributed by atoms with E-state index in [4.69, 9.17) is 10.5 Å². The van der Waals surface area contributed by atoms with E-state index in [1.165, 1.54) is 0 Å². The number of hydrogen-bond donors (Lipinski definition) is 1. The van der Waals surface area contributed by atoms with Crippen LogP contribution in [0.3, 0.4) is 0 Å². The normalized spacial score (nSPS) is 24.1. The van der Waals surface area contributed by atoms with E-state index in [0.717, 1.165) is 31.0 Å². The summed E-state index contributed by atoms with van der Waals surface area (Å²) in [5, 5.41) is 0. The molecule has 4 nitrogen and oxygen atoms in total. The van der Waals surface area contributed by atoms with Crippen molar-refractivity contribution in [1.82, 2.24) is 9.88 Å². The lowest BCUT2D eigenvalue weighted by Crippen LogP contribution is -2.51. The number of aromatic nitrogens is 1. The first-order chi connectivity index (χ1) is 8.48. The van der Waals surface area contributed by atoms with E-state index < -0.39 is 0 Å². The average Bonchev–Trinajstić information content (AvgIpc) is 2.26. The number of pyridine rings is 1. The Balaban J connectivity index is 2.04. The van der Waals surface area contributed by atoms with E-state index in [-0.39, 0.29) is 11.7 Å². The average molecular weight is 249 g/mol. The van der Waals surface area contributed by atoms with Crippen LogP contribution < -0.4 is 5.73 Å². The van der Waals surface area contributed by atoms with Gasteiger partial charge in [-0.15, -0.1) is 0 Å². The van der Waals surface area contributed by atoms with Crippen LogP contribution in [0.4, 0.5) is 0 Å². The van der Waals surface area contributed by atoms with Gasteiger partial charge in [0.25, 0.3) is 0 Å². The van der Waals surface area contributed by atoms with Gasteiger partial charge in [0.05, 0.1) is 23.1 Å². The van der Waals surface area contributed by atoms with Gasteiger partial charge in [-0.3, -0.25) is 9.88 Å². The van der Waals surface area contributed by atoms with Gasteiger partial charge in [-0.25, -0.2) is 0 Å². The van der Waals surface area contributed by atoms with Crippen LogP contribution in [-0.2, 0) is 17.8 Å². The third kappa shape index (κ3) is 3.51. The Morgan fingerprint density at radius 2 is 2.17 bits per heavy atom. The first kappa shape index (κ1) is 13.5. The summed E-state index contributed by atoms with van der Waals surface area (Å²) in [4.78, 5) is 6.95. The van der Waals surface area contributed by atoms with Crippen LogP contribution in [0, 0.1) is 0 Å². The summed E-state index contributed by atoms with van der Waals surface area (Å²) in [6, 6.07) is 6.06. The Morgan fingerprint density at radius 1 is 1.44 bits per heavy atom. The van der Waals surface area contributed by atoms with Crippen LogP contribution in [0.2, 0.25) is 0 Å². The predicted molar refractivity (Wildman–Crippen MR) is 72.0 cm³/mol. The van der Waals surface area contributed by atoms with Crippen LogP contribution in [0.1, 0.15) is 32.2 Å². The lowest BCUT2D eigenvalue weighted by atomic mass is 10.1. The van der Waals surface area contributed by atoms with E-state index in [2.05, 4.69) is 36.7 Å². The minimum Gasteiger partial charge on any atom is -0.370 e. The number of ether oxygens (including phenoxy) is 1. The summed E-state index contributed by atoms with van der Waals surface area (Å²) < 4.78 is 5.90. The molecule has 1 saturated heterocycles. The molecule has 18 heavy (non-hydrogen) atoms. The fourth-order valence-electron chi connectivity index (χ4n) is 2.67. The third-order valence-electron chi connectivity index (χ3n) is 3.10. The zero-order valence-corrected chi connectivity index (χ0v) is 11.5. The number of rotatable bonds is 3. The van der Waals surface area contributed by atoms with Crippen LogP contribution in [0.15, 0.2) is 18.2 Å². The molecule has 1 aromatic heterocycles. The summed E-state index contributed by atoms with van der Waals surface area (Å²) in [5.74, 6) is 0. The zero-order chi connectivity index (χ0) is 13.2.